The number of aliphatic hydroxyl groups is 1. The van der Waals surface area contributed by atoms with Crippen LogP contribution in [0.3, 0.4) is 0 Å². The highest BCUT2D eigenvalue weighted by Crippen LogP contribution is 2.43. The Bertz CT molecular complexity index is 774. The van der Waals surface area contributed by atoms with E-state index in [1.54, 1.807) is 6.08 Å². The molecule has 1 amide bonds. The van der Waals surface area contributed by atoms with Crippen molar-refractivity contribution in [2.75, 3.05) is 19.8 Å². The Balaban J connectivity index is 4.47. The first-order valence-electron chi connectivity index (χ1n) is 17.1. The Hall–Kier alpha value is -1.28. The molecule has 0 aliphatic heterocycles. The number of nitrogens with two attached hydrogens (primary N) is 1. The summed E-state index contributed by atoms with van der Waals surface area (Å²) in [6, 6.07) is -0.877. The Morgan fingerprint density at radius 1 is 0.744 bits per heavy atom. The normalized spacial score (nSPS) is 15.0. The number of amides is 1. The van der Waals surface area contributed by atoms with Crippen LogP contribution in [-0.2, 0) is 18.4 Å². The van der Waals surface area contributed by atoms with E-state index in [1.807, 2.05) is 6.08 Å². The van der Waals surface area contributed by atoms with E-state index >= 15 is 0 Å². The molecule has 43 heavy (non-hydrogen) atoms. The van der Waals surface area contributed by atoms with Gasteiger partial charge in [-0.3, -0.25) is 13.8 Å². The molecule has 0 saturated heterocycles. The molecule has 0 radical (unpaired) electrons. The minimum atomic E-state index is -4.33. The van der Waals surface area contributed by atoms with Gasteiger partial charge in [-0.2, -0.15) is 0 Å². The minimum Gasteiger partial charge on any atom is -0.387 e. The fourth-order valence-corrected chi connectivity index (χ4v) is 5.31. The van der Waals surface area contributed by atoms with Crippen molar-refractivity contribution in [3.05, 3.63) is 36.5 Å². The number of carbonyl (C=O) groups excluding carboxylic acids is 1. The van der Waals surface area contributed by atoms with Gasteiger partial charge in [0.25, 0.3) is 0 Å². The van der Waals surface area contributed by atoms with E-state index in [1.165, 1.54) is 64.2 Å². The van der Waals surface area contributed by atoms with Crippen molar-refractivity contribution in [3.8, 4) is 0 Å². The third-order valence-electron chi connectivity index (χ3n) is 7.19. The van der Waals surface area contributed by atoms with Gasteiger partial charge in [0.2, 0.25) is 5.91 Å². The summed E-state index contributed by atoms with van der Waals surface area (Å²) in [4.78, 5) is 22.5. The Morgan fingerprint density at radius 3 is 1.84 bits per heavy atom. The molecule has 3 unspecified atom stereocenters. The standard InChI is InChI=1S/C34H65N2O6P/c1-3-5-7-9-11-13-15-17-19-21-23-25-27-33(37)32(31-42-43(39,40)41-30-29-35)36-34(38)28-26-24-22-20-18-16-14-12-10-8-6-4-2/h12,14,17,19,25,27,32-33,37H,3-11,13,15-16,18,20-24,26,28-31,35H2,1-2H3,(H,36,38)(H,39,40)/b14-12-,19-17+,27-25+. The zero-order valence-corrected chi connectivity index (χ0v) is 28.3. The first-order valence-corrected chi connectivity index (χ1v) is 18.6. The average molecular weight is 629 g/mol. The molecule has 0 aromatic heterocycles. The van der Waals surface area contributed by atoms with E-state index in [4.69, 9.17) is 14.8 Å². The minimum absolute atomic E-state index is 0.0720. The first-order chi connectivity index (χ1) is 20.9. The molecular formula is C34H65N2O6P. The van der Waals surface area contributed by atoms with E-state index in [9.17, 15) is 19.4 Å². The van der Waals surface area contributed by atoms with E-state index in [-0.39, 0.29) is 25.7 Å². The summed E-state index contributed by atoms with van der Waals surface area (Å²) >= 11 is 0. The topological polar surface area (TPSA) is 131 Å². The molecule has 0 spiro atoms. The molecule has 9 heteroatoms. The number of phosphoric ester groups is 1. The highest BCUT2D eigenvalue weighted by Gasteiger charge is 2.26. The average Bonchev–Trinajstić information content (AvgIpc) is 2.99. The van der Waals surface area contributed by atoms with Gasteiger partial charge in [-0.05, 0) is 57.8 Å². The van der Waals surface area contributed by atoms with Crippen LogP contribution in [0, 0.1) is 0 Å². The highest BCUT2D eigenvalue weighted by atomic mass is 31.2. The summed E-state index contributed by atoms with van der Waals surface area (Å²) in [5.41, 5.74) is 5.33. The molecule has 0 aromatic carbocycles. The smallest absolute Gasteiger partial charge is 0.387 e. The third kappa shape index (κ3) is 29.2. The van der Waals surface area contributed by atoms with Crippen LogP contribution in [0.15, 0.2) is 36.5 Å². The first kappa shape index (κ1) is 41.7. The second-order valence-electron chi connectivity index (χ2n) is 11.4. The lowest BCUT2D eigenvalue weighted by Crippen LogP contribution is -2.45. The van der Waals surface area contributed by atoms with Crippen LogP contribution >= 0.6 is 7.82 Å². The number of allylic oxidation sites excluding steroid dienone is 5. The van der Waals surface area contributed by atoms with Gasteiger partial charge in [0.05, 0.1) is 25.4 Å². The summed E-state index contributed by atoms with van der Waals surface area (Å²) in [5, 5.41) is 13.5. The summed E-state index contributed by atoms with van der Waals surface area (Å²) < 4.78 is 21.9. The molecule has 0 bridgehead atoms. The molecule has 0 aliphatic rings. The second-order valence-corrected chi connectivity index (χ2v) is 12.8. The largest absolute Gasteiger partial charge is 0.472 e. The van der Waals surface area contributed by atoms with Crippen molar-refractivity contribution in [2.24, 2.45) is 5.73 Å². The Morgan fingerprint density at radius 2 is 1.23 bits per heavy atom. The maximum absolute atomic E-state index is 12.6. The third-order valence-corrected chi connectivity index (χ3v) is 8.17. The fraction of sp³-hybridized carbons (Fsp3) is 0.794. The van der Waals surface area contributed by atoms with Gasteiger partial charge in [-0.1, -0.05) is 115 Å². The number of hydrogen-bond acceptors (Lipinski definition) is 6. The number of hydrogen-bond donors (Lipinski definition) is 4. The molecule has 0 aliphatic carbocycles. The SMILES string of the molecule is CCCCC/C=C\CCCCCCCC(=O)NC(COP(=O)(O)OCCN)C(O)/C=C/CC/C=C/CCCCCCCC. The second kappa shape index (κ2) is 30.7. The van der Waals surface area contributed by atoms with Gasteiger partial charge in [0.1, 0.15) is 0 Å². The van der Waals surface area contributed by atoms with E-state index < -0.39 is 20.0 Å². The van der Waals surface area contributed by atoms with Crippen molar-refractivity contribution in [2.45, 2.75) is 154 Å². The molecule has 252 valence electrons. The van der Waals surface area contributed by atoms with E-state index in [2.05, 4.69) is 43.5 Å². The van der Waals surface area contributed by atoms with E-state index in [0.717, 1.165) is 57.8 Å². The Labute approximate surface area is 263 Å². The van der Waals surface area contributed by atoms with Crippen molar-refractivity contribution >= 4 is 13.7 Å². The van der Waals surface area contributed by atoms with Crippen LogP contribution in [0.5, 0.6) is 0 Å². The number of carbonyl (C=O) groups is 1. The van der Waals surface area contributed by atoms with Crippen molar-refractivity contribution in [3.63, 3.8) is 0 Å². The quantitative estimate of drug-likeness (QED) is 0.0344. The number of rotatable bonds is 31. The zero-order valence-electron chi connectivity index (χ0n) is 27.4. The Kier molecular flexibility index (Phi) is 29.8. The van der Waals surface area contributed by atoms with Crippen molar-refractivity contribution in [1.82, 2.24) is 5.32 Å². The number of nitrogens with one attached hydrogen (secondary N) is 1. The fourth-order valence-electron chi connectivity index (χ4n) is 4.55. The lowest BCUT2D eigenvalue weighted by molar-refractivity contribution is -0.123. The summed E-state index contributed by atoms with van der Waals surface area (Å²) in [6.45, 7) is 4.03. The van der Waals surface area contributed by atoms with Gasteiger partial charge in [0, 0.05) is 13.0 Å². The summed E-state index contributed by atoms with van der Waals surface area (Å²) in [5.74, 6) is -0.218. The molecule has 0 heterocycles. The predicted octanol–water partition coefficient (Wildman–Crippen LogP) is 8.43. The number of unbranched alkanes of at least 4 members (excludes halogenated alkanes) is 15. The lowest BCUT2D eigenvalue weighted by Gasteiger charge is -2.23. The maximum atomic E-state index is 12.6. The van der Waals surface area contributed by atoms with Gasteiger partial charge >= 0.3 is 7.82 Å². The summed E-state index contributed by atoms with van der Waals surface area (Å²) in [6.07, 6.45) is 33.3. The van der Waals surface area contributed by atoms with Crippen LogP contribution in [0.4, 0.5) is 0 Å². The van der Waals surface area contributed by atoms with Gasteiger partial charge in [0.15, 0.2) is 0 Å². The number of aliphatic hydroxyl groups excluding tert-OH is 1. The lowest BCUT2D eigenvalue weighted by atomic mass is 10.1. The summed E-state index contributed by atoms with van der Waals surface area (Å²) in [7, 11) is -4.33. The van der Waals surface area contributed by atoms with Gasteiger partial charge in [-0.25, -0.2) is 4.57 Å². The van der Waals surface area contributed by atoms with Crippen LogP contribution in [0.1, 0.15) is 142 Å². The van der Waals surface area contributed by atoms with E-state index in [0.29, 0.717) is 6.42 Å². The molecule has 0 rings (SSSR count). The molecule has 0 saturated carbocycles. The maximum Gasteiger partial charge on any atom is 0.472 e. The molecule has 0 aromatic rings. The van der Waals surface area contributed by atoms with Crippen molar-refractivity contribution < 1.29 is 28.4 Å². The highest BCUT2D eigenvalue weighted by molar-refractivity contribution is 7.47. The molecule has 5 N–H and O–H groups in total. The number of phosphoric acid groups is 1. The molecular weight excluding hydrogens is 563 g/mol. The van der Waals surface area contributed by atoms with Crippen LogP contribution in [-0.4, -0.2) is 47.8 Å². The van der Waals surface area contributed by atoms with Crippen LogP contribution in [0.25, 0.3) is 0 Å². The molecule has 0 fully saturated rings. The van der Waals surface area contributed by atoms with Gasteiger partial charge < -0.3 is 21.1 Å². The van der Waals surface area contributed by atoms with Crippen LogP contribution in [0.2, 0.25) is 0 Å². The van der Waals surface area contributed by atoms with Gasteiger partial charge in [-0.15, -0.1) is 0 Å². The zero-order chi connectivity index (χ0) is 31.9. The van der Waals surface area contributed by atoms with Crippen LogP contribution < -0.4 is 11.1 Å². The van der Waals surface area contributed by atoms with Crippen molar-refractivity contribution in [1.29, 1.82) is 0 Å². The predicted molar refractivity (Wildman–Crippen MR) is 180 cm³/mol. The monoisotopic (exact) mass is 628 g/mol. The molecule has 8 nitrogen and oxygen atoms in total. The molecule has 3 atom stereocenters.